The largest absolute Gasteiger partial charge is 0.465 e. The Morgan fingerprint density at radius 2 is 1.61 bits per heavy atom. The molecule has 0 fully saturated rings. The normalized spacial score (nSPS) is 12.2. The van der Waals surface area contributed by atoms with Gasteiger partial charge in [0.25, 0.3) is 5.69 Å². The number of nitrogens with two attached hydrogens (primary N) is 1. The van der Waals surface area contributed by atoms with E-state index in [1.165, 1.54) is 18.2 Å². The van der Waals surface area contributed by atoms with Crippen LogP contribution in [0.3, 0.4) is 0 Å². The van der Waals surface area contributed by atoms with Crippen LogP contribution in [-0.4, -0.2) is 41.6 Å². The Morgan fingerprint density at radius 1 is 1.06 bits per heavy atom. The molecule has 0 aliphatic heterocycles. The fourth-order valence-corrected chi connectivity index (χ4v) is 2.84. The zero-order valence-electron chi connectivity index (χ0n) is 18.5. The average Bonchev–Trinajstić information content (AvgIpc) is 2.66. The van der Waals surface area contributed by atoms with Gasteiger partial charge in [0.15, 0.2) is 5.92 Å². The molecular formula is C21H30N2O8. The molecule has 0 saturated heterocycles. The van der Waals surface area contributed by atoms with E-state index in [2.05, 4.69) is 0 Å². The lowest BCUT2D eigenvalue weighted by atomic mass is 9.93. The minimum Gasteiger partial charge on any atom is -0.465 e. The van der Waals surface area contributed by atoms with Crippen LogP contribution in [0.1, 0.15) is 58.2 Å². The highest BCUT2D eigenvalue weighted by Crippen LogP contribution is 2.27. The van der Waals surface area contributed by atoms with E-state index in [-0.39, 0.29) is 31.7 Å². The first kappa shape index (κ1) is 26.0. The zero-order chi connectivity index (χ0) is 23.8. The number of ether oxygens (including phenoxy) is 3. The van der Waals surface area contributed by atoms with E-state index < -0.39 is 40.4 Å². The topological polar surface area (TPSA) is 148 Å². The van der Waals surface area contributed by atoms with Crippen molar-refractivity contribution in [2.24, 2.45) is 11.7 Å². The monoisotopic (exact) mass is 438 g/mol. The number of benzene rings is 1. The standard InChI is InChI=1S/C21H30N2O8/c1-6-29-18(24)16(19(25)30-7-2)10-8-13-12-14(23(27)28)9-11-15(13)17(22)20(26)31-21(3,4)5/h9,11-12,16-17H,6-8,10,22H2,1-5H3. The maximum atomic E-state index is 12.4. The minimum atomic E-state index is -1.20. The third-order valence-electron chi connectivity index (χ3n) is 4.18. The molecule has 10 heteroatoms. The van der Waals surface area contributed by atoms with Crippen molar-refractivity contribution in [2.75, 3.05) is 13.2 Å². The number of carbonyl (C=O) groups is 3. The fraction of sp³-hybridized carbons (Fsp3) is 0.571. The van der Waals surface area contributed by atoms with Gasteiger partial charge in [-0.15, -0.1) is 0 Å². The molecule has 0 spiro atoms. The molecule has 2 N–H and O–H groups in total. The molecule has 0 heterocycles. The predicted molar refractivity (Wildman–Crippen MR) is 111 cm³/mol. The van der Waals surface area contributed by atoms with Crippen LogP contribution in [0.15, 0.2) is 18.2 Å². The summed E-state index contributed by atoms with van der Waals surface area (Å²) in [4.78, 5) is 47.5. The molecule has 1 atom stereocenters. The van der Waals surface area contributed by atoms with Gasteiger partial charge in [-0.25, -0.2) is 4.79 Å². The first-order valence-corrected chi connectivity index (χ1v) is 10.00. The van der Waals surface area contributed by atoms with Crippen LogP contribution in [0.25, 0.3) is 0 Å². The second-order valence-corrected chi connectivity index (χ2v) is 7.75. The Labute approximate surface area is 181 Å². The van der Waals surface area contributed by atoms with Gasteiger partial charge in [0.1, 0.15) is 11.6 Å². The number of carbonyl (C=O) groups excluding carboxylic acids is 3. The molecule has 1 rings (SSSR count). The lowest BCUT2D eigenvalue weighted by Gasteiger charge is -2.23. The third-order valence-corrected chi connectivity index (χ3v) is 4.18. The third kappa shape index (κ3) is 7.97. The van der Waals surface area contributed by atoms with Gasteiger partial charge in [-0.3, -0.25) is 19.7 Å². The summed E-state index contributed by atoms with van der Waals surface area (Å²) >= 11 is 0. The van der Waals surface area contributed by atoms with Crippen LogP contribution in [0.2, 0.25) is 0 Å². The maximum Gasteiger partial charge on any atom is 0.328 e. The molecule has 0 amide bonds. The Bertz CT molecular complexity index is 798. The summed E-state index contributed by atoms with van der Waals surface area (Å²) in [6, 6.07) is 2.69. The second-order valence-electron chi connectivity index (χ2n) is 7.75. The molecule has 1 aromatic carbocycles. The van der Waals surface area contributed by atoms with Crippen molar-refractivity contribution in [3.63, 3.8) is 0 Å². The van der Waals surface area contributed by atoms with Gasteiger partial charge in [-0.2, -0.15) is 0 Å². The molecule has 172 valence electrons. The van der Waals surface area contributed by atoms with Crippen molar-refractivity contribution in [3.05, 3.63) is 39.4 Å². The molecular weight excluding hydrogens is 408 g/mol. The summed E-state index contributed by atoms with van der Waals surface area (Å²) in [5, 5.41) is 11.2. The maximum absolute atomic E-state index is 12.4. The van der Waals surface area contributed by atoms with E-state index in [1.54, 1.807) is 34.6 Å². The Balaban J connectivity index is 3.23. The van der Waals surface area contributed by atoms with E-state index in [4.69, 9.17) is 19.9 Å². The molecule has 0 aliphatic carbocycles. The smallest absolute Gasteiger partial charge is 0.328 e. The van der Waals surface area contributed by atoms with Crippen LogP contribution in [0.5, 0.6) is 0 Å². The number of hydrogen-bond acceptors (Lipinski definition) is 9. The van der Waals surface area contributed by atoms with Crippen molar-refractivity contribution in [3.8, 4) is 0 Å². The van der Waals surface area contributed by atoms with Gasteiger partial charge in [-0.1, -0.05) is 0 Å². The van der Waals surface area contributed by atoms with Crippen molar-refractivity contribution in [1.82, 2.24) is 0 Å². The van der Waals surface area contributed by atoms with E-state index >= 15 is 0 Å². The second kappa shape index (κ2) is 11.4. The minimum absolute atomic E-state index is 0.0348. The number of rotatable bonds is 10. The highest BCUT2D eigenvalue weighted by molar-refractivity contribution is 5.94. The predicted octanol–water partition coefficient (Wildman–Crippen LogP) is 2.61. The number of esters is 3. The SMILES string of the molecule is CCOC(=O)C(CCc1cc([N+](=O)[O-])ccc1C(N)C(=O)OC(C)(C)C)C(=O)OCC. The molecule has 0 aliphatic rings. The first-order chi connectivity index (χ1) is 14.4. The summed E-state index contributed by atoms with van der Waals surface area (Å²) < 4.78 is 15.2. The van der Waals surface area contributed by atoms with Crippen molar-refractivity contribution < 1.29 is 33.5 Å². The average molecular weight is 438 g/mol. The number of nitrogens with zero attached hydrogens (tertiary/aromatic N) is 1. The quantitative estimate of drug-likeness (QED) is 0.191. The Hall–Kier alpha value is -3.01. The molecule has 0 saturated carbocycles. The summed E-state index contributed by atoms with van der Waals surface area (Å²) in [6.07, 6.45) is 0.0165. The Morgan fingerprint density at radius 3 is 2.06 bits per heavy atom. The summed E-state index contributed by atoms with van der Waals surface area (Å²) in [5.41, 5.74) is 5.75. The van der Waals surface area contributed by atoms with Crippen molar-refractivity contribution in [1.29, 1.82) is 0 Å². The van der Waals surface area contributed by atoms with Crippen LogP contribution in [-0.2, 0) is 35.0 Å². The van der Waals surface area contributed by atoms with Gasteiger partial charge < -0.3 is 19.9 Å². The molecule has 0 bridgehead atoms. The van der Waals surface area contributed by atoms with Gasteiger partial charge >= 0.3 is 17.9 Å². The summed E-state index contributed by atoms with van der Waals surface area (Å²) in [5.74, 6) is -3.39. The van der Waals surface area contributed by atoms with Crippen LogP contribution in [0, 0.1) is 16.0 Å². The molecule has 31 heavy (non-hydrogen) atoms. The van der Waals surface area contributed by atoms with Crippen molar-refractivity contribution in [2.45, 2.75) is 59.1 Å². The summed E-state index contributed by atoms with van der Waals surface area (Å²) in [6.45, 7) is 8.46. The highest BCUT2D eigenvalue weighted by Gasteiger charge is 2.31. The van der Waals surface area contributed by atoms with Gasteiger partial charge in [0.05, 0.1) is 18.1 Å². The van der Waals surface area contributed by atoms with E-state index in [0.29, 0.717) is 11.1 Å². The highest BCUT2D eigenvalue weighted by atomic mass is 16.6. The molecule has 0 aromatic heterocycles. The molecule has 10 nitrogen and oxygen atoms in total. The van der Waals surface area contributed by atoms with Gasteiger partial charge in [0.2, 0.25) is 0 Å². The molecule has 1 unspecified atom stereocenters. The fourth-order valence-electron chi connectivity index (χ4n) is 2.84. The number of aryl methyl sites for hydroxylation is 1. The summed E-state index contributed by atoms with van der Waals surface area (Å²) in [7, 11) is 0. The molecule has 1 aromatic rings. The van der Waals surface area contributed by atoms with E-state index in [0.717, 1.165) is 0 Å². The van der Waals surface area contributed by atoms with Gasteiger partial charge in [-0.05, 0) is 64.7 Å². The van der Waals surface area contributed by atoms with Crippen LogP contribution >= 0.6 is 0 Å². The van der Waals surface area contributed by atoms with E-state index in [9.17, 15) is 24.5 Å². The number of non-ortho nitro benzene ring substituents is 1. The Kier molecular flexibility index (Phi) is 9.57. The first-order valence-electron chi connectivity index (χ1n) is 10.00. The van der Waals surface area contributed by atoms with Crippen LogP contribution in [0.4, 0.5) is 5.69 Å². The van der Waals surface area contributed by atoms with E-state index in [1.807, 2.05) is 0 Å². The zero-order valence-corrected chi connectivity index (χ0v) is 18.5. The van der Waals surface area contributed by atoms with Crippen LogP contribution < -0.4 is 5.73 Å². The lowest BCUT2D eigenvalue weighted by Crippen LogP contribution is -2.32. The van der Waals surface area contributed by atoms with Gasteiger partial charge in [0, 0.05) is 12.1 Å². The number of nitro benzene ring substituents is 1. The van der Waals surface area contributed by atoms with Crippen molar-refractivity contribution >= 4 is 23.6 Å². The number of nitro groups is 1. The molecule has 0 radical (unpaired) electrons. The number of hydrogen-bond donors (Lipinski definition) is 1. The lowest BCUT2D eigenvalue weighted by molar-refractivity contribution is -0.384.